The highest BCUT2D eigenvalue weighted by Gasteiger charge is 2.49. The van der Waals surface area contributed by atoms with Gasteiger partial charge in [-0.1, -0.05) is 41.5 Å². The van der Waals surface area contributed by atoms with E-state index in [0.717, 1.165) is 0 Å². The van der Waals surface area contributed by atoms with Gasteiger partial charge in [-0.05, 0) is 17.8 Å². The van der Waals surface area contributed by atoms with Crippen molar-refractivity contribution in [2.75, 3.05) is 0 Å². The molecule has 0 fully saturated rings. The van der Waals surface area contributed by atoms with E-state index in [1.165, 1.54) is 0 Å². The maximum absolute atomic E-state index is 11.3. The lowest BCUT2D eigenvalue weighted by atomic mass is 9.59. The van der Waals surface area contributed by atoms with E-state index >= 15 is 0 Å². The summed E-state index contributed by atoms with van der Waals surface area (Å²) in [7, 11) is 0. The number of carboxylic acid groups (broad SMARTS) is 1. The number of carbonyl (C=O) groups is 1. The minimum Gasteiger partial charge on any atom is -0.481 e. The van der Waals surface area contributed by atoms with E-state index in [4.69, 9.17) is 0 Å². The first-order valence-corrected chi connectivity index (χ1v) is 4.93. The average molecular weight is 186 g/mol. The van der Waals surface area contributed by atoms with Crippen LogP contribution in [0.2, 0.25) is 0 Å². The second kappa shape index (κ2) is 3.69. The summed E-state index contributed by atoms with van der Waals surface area (Å²) in [5, 5.41) is 9.33. The lowest BCUT2D eigenvalue weighted by molar-refractivity contribution is -0.161. The Kier molecular flexibility index (Phi) is 3.54. The van der Waals surface area contributed by atoms with Gasteiger partial charge in [-0.3, -0.25) is 4.79 Å². The molecule has 2 nitrogen and oxygen atoms in total. The summed E-state index contributed by atoms with van der Waals surface area (Å²) in [6.07, 6.45) is 0.684. The number of hydrogen-bond donors (Lipinski definition) is 1. The molecule has 0 heterocycles. The van der Waals surface area contributed by atoms with Crippen LogP contribution in [-0.4, -0.2) is 11.1 Å². The number of rotatable bonds is 3. The molecule has 0 aromatic carbocycles. The molecule has 1 atom stereocenters. The van der Waals surface area contributed by atoms with E-state index in [0.29, 0.717) is 6.42 Å². The fourth-order valence-electron chi connectivity index (χ4n) is 2.52. The number of aliphatic carboxylic acids is 1. The van der Waals surface area contributed by atoms with Crippen LogP contribution in [-0.2, 0) is 4.79 Å². The van der Waals surface area contributed by atoms with Gasteiger partial charge in [0, 0.05) is 0 Å². The standard InChI is InChI=1S/C11H22O2/c1-7-11(8(2)3,9(12)13)10(4,5)6/h8H,7H2,1-6H3,(H,12,13). The van der Waals surface area contributed by atoms with Crippen molar-refractivity contribution in [3.63, 3.8) is 0 Å². The zero-order valence-corrected chi connectivity index (χ0v) is 9.64. The second-order valence-corrected chi connectivity index (χ2v) is 5.03. The van der Waals surface area contributed by atoms with E-state index < -0.39 is 11.4 Å². The summed E-state index contributed by atoms with van der Waals surface area (Å²) in [6.45, 7) is 11.9. The topological polar surface area (TPSA) is 37.3 Å². The van der Waals surface area contributed by atoms with Crippen molar-refractivity contribution in [2.45, 2.75) is 48.0 Å². The van der Waals surface area contributed by atoms with Crippen LogP contribution in [0.5, 0.6) is 0 Å². The Hall–Kier alpha value is -0.530. The van der Waals surface area contributed by atoms with Crippen LogP contribution in [0.4, 0.5) is 0 Å². The lowest BCUT2D eigenvalue weighted by Gasteiger charge is -2.43. The van der Waals surface area contributed by atoms with E-state index in [9.17, 15) is 9.90 Å². The highest BCUT2D eigenvalue weighted by molar-refractivity contribution is 5.76. The summed E-state index contributed by atoms with van der Waals surface area (Å²) in [5.41, 5.74) is -0.797. The van der Waals surface area contributed by atoms with Crippen LogP contribution in [0.15, 0.2) is 0 Å². The molecule has 0 aromatic rings. The lowest BCUT2D eigenvalue weighted by Crippen LogP contribution is -2.46. The van der Waals surface area contributed by atoms with Crippen LogP contribution in [0, 0.1) is 16.7 Å². The summed E-state index contributed by atoms with van der Waals surface area (Å²) in [5.74, 6) is -0.507. The molecule has 0 saturated carbocycles. The van der Waals surface area contributed by atoms with Gasteiger partial charge in [0.25, 0.3) is 0 Å². The first-order chi connectivity index (χ1) is 5.70. The highest BCUT2D eigenvalue weighted by atomic mass is 16.4. The number of hydrogen-bond acceptors (Lipinski definition) is 1. The van der Waals surface area contributed by atoms with Crippen molar-refractivity contribution < 1.29 is 9.90 Å². The van der Waals surface area contributed by atoms with Gasteiger partial charge in [0.05, 0.1) is 5.41 Å². The Morgan fingerprint density at radius 1 is 1.31 bits per heavy atom. The molecule has 0 aliphatic heterocycles. The predicted molar refractivity (Wildman–Crippen MR) is 54.7 cm³/mol. The molecule has 1 N–H and O–H groups in total. The molecule has 0 spiro atoms. The quantitative estimate of drug-likeness (QED) is 0.735. The summed E-state index contributed by atoms with van der Waals surface area (Å²) in [6, 6.07) is 0. The monoisotopic (exact) mass is 186 g/mol. The molecule has 0 aromatic heterocycles. The third-order valence-electron chi connectivity index (χ3n) is 3.26. The van der Waals surface area contributed by atoms with Crippen molar-refractivity contribution in [1.29, 1.82) is 0 Å². The van der Waals surface area contributed by atoms with Crippen LogP contribution < -0.4 is 0 Å². The summed E-state index contributed by atoms with van der Waals surface area (Å²) >= 11 is 0. The minimum atomic E-state index is -0.669. The first kappa shape index (κ1) is 12.5. The summed E-state index contributed by atoms with van der Waals surface area (Å²) < 4.78 is 0. The van der Waals surface area contributed by atoms with Gasteiger partial charge in [0.1, 0.15) is 0 Å². The molecule has 0 saturated heterocycles. The van der Waals surface area contributed by atoms with E-state index in [1.807, 2.05) is 41.5 Å². The Bertz CT molecular complexity index is 189. The van der Waals surface area contributed by atoms with Crippen LogP contribution in [0.1, 0.15) is 48.0 Å². The van der Waals surface area contributed by atoms with Crippen molar-refractivity contribution in [1.82, 2.24) is 0 Å². The van der Waals surface area contributed by atoms with Crippen LogP contribution in [0.3, 0.4) is 0 Å². The fraction of sp³-hybridized carbons (Fsp3) is 0.909. The Balaban J connectivity index is 5.25. The molecule has 78 valence electrons. The first-order valence-electron chi connectivity index (χ1n) is 4.93. The molecule has 13 heavy (non-hydrogen) atoms. The van der Waals surface area contributed by atoms with Gasteiger partial charge in [-0.25, -0.2) is 0 Å². The van der Waals surface area contributed by atoms with Crippen LogP contribution >= 0.6 is 0 Å². The Labute approximate surface area is 81.3 Å². The molecule has 0 bridgehead atoms. The predicted octanol–water partition coefficient (Wildman–Crippen LogP) is 3.17. The maximum Gasteiger partial charge on any atom is 0.310 e. The van der Waals surface area contributed by atoms with E-state index in [-0.39, 0.29) is 11.3 Å². The third-order valence-corrected chi connectivity index (χ3v) is 3.26. The average Bonchev–Trinajstić information content (AvgIpc) is 1.83. The normalized spacial score (nSPS) is 17.2. The van der Waals surface area contributed by atoms with Gasteiger partial charge in [-0.15, -0.1) is 0 Å². The Morgan fingerprint density at radius 2 is 1.69 bits per heavy atom. The van der Waals surface area contributed by atoms with Crippen molar-refractivity contribution in [2.24, 2.45) is 16.7 Å². The van der Waals surface area contributed by atoms with Crippen molar-refractivity contribution in [3.8, 4) is 0 Å². The molecule has 2 heteroatoms. The molecular formula is C11H22O2. The van der Waals surface area contributed by atoms with Gasteiger partial charge in [0.2, 0.25) is 0 Å². The van der Waals surface area contributed by atoms with E-state index in [1.54, 1.807) is 0 Å². The van der Waals surface area contributed by atoms with Gasteiger partial charge in [-0.2, -0.15) is 0 Å². The van der Waals surface area contributed by atoms with Crippen molar-refractivity contribution >= 4 is 5.97 Å². The molecule has 0 aliphatic rings. The SMILES string of the molecule is CCC(C(=O)O)(C(C)C)C(C)(C)C. The van der Waals surface area contributed by atoms with Crippen LogP contribution in [0.25, 0.3) is 0 Å². The van der Waals surface area contributed by atoms with Gasteiger partial charge in [0.15, 0.2) is 0 Å². The molecule has 1 unspecified atom stereocenters. The summed E-state index contributed by atoms with van der Waals surface area (Å²) in [4.78, 5) is 11.3. The largest absolute Gasteiger partial charge is 0.481 e. The molecule has 0 rings (SSSR count). The zero-order valence-electron chi connectivity index (χ0n) is 9.64. The molecule has 0 amide bonds. The van der Waals surface area contributed by atoms with Gasteiger partial charge < -0.3 is 5.11 Å². The maximum atomic E-state index is 11.3. The number of carboxylic acids is 1. The highest BCUT2D eigenvalue weighted by Crippen LogP contribution is 2.47. The fourth-order valence-corrected chi connectivity index (χ4v) is 2.52. The van der Waals surface area contributed by atoms with E-state index in [2.05, 4.69) is 0 Å². The molecular weight excluding hydrogens is 164 g/mol. The smallest absolute Gasteiger partial charge is 0.310 e. The third kappa shape index (κ3) is 1.87. The molecule has 0 aliphatic carbocycles. The Morgan fingerprint density at radius 3 is 1.69 bits per heavy atom. The minimum absolute atomic E-state index is 0.162. The second-order valence-electron chi connectivity index (χ2n) is 5.03. The van der Waals surface area contributed by atoms with Crippen molar-refractivity contribution in [3.05, 3.63) is 0 Å². The molecule has 0 radical (unpaired) electrons. The van der Waals surface area contributed by atoms with Gasteiger partial charge >= 0.3 is 5.97 Å². The zero-order chi connectivity index (χ0) is 10.9.